The van der Waals surface area contributed by atoms with Crippen molar-refractivity contribution in [2.24, 2.45) is 0 Å². The lowest BCUT2D eigenvalue weighted by atomic mass is 10.0. The number of nitrogens with one attached hydrogen (secondary N) is 3. The van der Waals surface area contributed by atoms with E-state index in [-0.39, 0.29) is 19.0 Å². The molecule has 4 aromatic rings. The topological polar surface area (TPSA) is 110 Å². The van der Waals surface area contributed by atoms with Crippen molar-refractivity contribution in [1.82, 2.24) is 35.1 Å². The van der Waals surface area contributed by atoms with Gasteiger partial charge >= 0.3 is 0 Å². The third-order valence-corrected chi connectivity index (χ3v) is 7.11. The van der Waals surface area contributed by atoms with E-state index in [0.29, 0.717) is 29.6 Å². The number of rotatable bonds is 14. The molecule has 10 heteroatoms. The first-order valence-corrected chi connectivity index (χ1v) is 14.3. The monoisotopic (exact) mass is 575 g/mol. The highest BCUT2D eigenvalue weighted by Gasteiger charge is 2.17. The smallest absolute Gasteiger partial charge is 0.242 e. The Balaban J connectivity index is 1.46. The van der Waals surface area contributed by atoms with Crippen molar-refractivity contribution in [3.63, 3.8) is 0 Å². The molecule has 0 saturated carbocycles. The highest BCUT2D eigenvalue weighted by Crippen LogP contribution is 2.30. The Morgan fingerprint density at radius 2 is 1.39 bits per heavy atom. The maximum atomic E-state index is 12.4. The number of halogens is 1. The van der Waals surface area contributed by atoms with Crippen LogP contribution in [0.3, 0.4) is 0 Å². The Morgan fingerprint density at radius 3 is 1.98 bits per heavy atom. The maximum absolute atomic E-state index is 12.4. The second-order valence-electron chi connectivity index (χ2n) is 10.2. The van der Waals surface area contributed by atoms with Crippen LogP contribution in [-0.4, -0.2) is 68.7 Å². The Morgan fingerprint density at radius 1 is 0.854 bits per heavy atom. The van der Waals surface area contributed by atoms with Crippen LogP contribution in [0.1, 0.15) is 44.0 Å². The van der Waals surface area contributed by atoms with Gasteiger partial charge < -0.3 is 20.2 Å². The molecular weight excluding hydrogens is 538 g/mol. The Labute approximate surface area is 246 Å². The number of hydrogen-bond acceptors (Lipinski definition) is 5. The van der Waals surface area contributed by atoms with E-state index in [9.17, 15) is 9.59 Å². The number of hydrogen-bond donors (Lipinski definition) is 3. The average molecular weight is 576 g/mol. The van der Waals surface area contributed by atoms with Crippen LogP contribution in [0.15, 0.2) is 48.5 Å². The van der Waals surface area contributed by atoms with Gasteiger partial charge in [0.15, 0.2) is 0 Å². The molecule has 0 saturated heterocycles. The highest BCUT2D eigenvalue weighted by molar-refractivity contribution is 6.31. The van der Waals surface area contributed by atoms with Crippen LogP contribution >= 0.6 is 11.6 Å². The molecule has 0 unspecified atom stereocenters. The number of aromatic nitrogens is 4. The average Bonchev–Trinajstić information content (AvgIpc) is 3.52. The number of carbonyl (C=O) groups is 2. The molecule has 9 nitrogen and oxygen atoms in total. The number of H-pyrrole nitrogens is 2. The molecule has 41 heavy (non-hydrogen) atoms. The summed E-state index contributed by atoms with van der Waals surface area (Å²) >= 11 is 6.50. The number of aromatic amines is 2. The number of carbonyl (C=O) groups excluding carboxylic acids is 2. The second-order valence-corrected chi connectivity index (χ2v) is 10.6. The molecule has 2 amide bonds. The van der Waals surface area contributed by atoms with E-state index in [1.165, 1.54) is 0 Å². The van der Waals surface area contributed by atoms with E-state index in [4.69, 9.17) is 16.6 Å². The number of imidazole rings is 2. The molecule has 0 aliphatic heterocycles. The molecule has 0 fully saturated rings. The zero-order chi connectivity index (χ0) is 29.4. The van der Waals surface area contributed by atoms with E-state index >= 15 is 0 Å². The molecule has 2 aromatic carbocycles. The van der Waals surface area contributed by atoms with Gasteiger partial charge in [-0.05, 0) is 44.5 Å². The summed E-state index contributed by atoms with van der Waals surface area (Å²) in [6, 6.07) is 16.5. The van der Waals surface area contributed by atoms with E-state index in [2.05, 4.69) is 82.5 Å². The molecule has 0 aliphatic carbocycles. The summed E-state index contributed by atoms with van der Waals surface area (Å²) in [5, 5.41) is 2.84. The van der Waals surface area contributed by atoms with Crippen molar-refractivity contribution in [1.29, 1.82) is 0 Å². The summed E-state index contributed by atoms with van der Waals surface area (Å²) in [7, 11) is 2.11. The molecular formula is C31H38ClN7O2. The van der Waals surface area contributed by atoms with Gasteiger partial charge in [-0.15, -0.1) is 0 Å². The van der Waals surface area contributed by atoms with Gasteiger partial charge in [-0.2, -0.15) is 0 Å². The molecule has 2 aromatic heterocycles. The van der Waals surface area contributed by atoms with Gasteiger partial charge in [0.2, 0.25) is 12.3 Å². The molecule has 0 aliphatic rings. The third-order valence-electron chi connectivity index (χ3n) is 6.84. The molecule has 2 heterocycles. The van der Waals surface area contributed by atoms with Gasteiger partial charge in [0.25, 0.3) is 0 Å². The number of nitrogens with zero attached hydrogens (tertiary/aromatic N) is 4. The van der Waals surface area contributed by atoms with Crippen LogP contribution in [0.25, 0.3) is 33.6 Å². The van der Waals surface area contributed by atoms with E-state index in [1.807, 2.05) is 19.1 Å². The minimum absolute atomic E-state index is 0.0494. The minimum atomic E-state index is -0.175. The predicted octanol–water partition coefficient (Wildman–Crippen LogP) is 5.42. The van der Waals surface area contributed by atoms with Gasteiger partial charge in [-0.25, -0.2) is 9.97 Å². The van der Waals surface area contributed by atoms with Gasteiger partial charge in [0.05, 0.1) is 25.3 Å². The molecule has 0 spiro atoms. The Hall–Kier alpha value is -3.95. The number of aryl methyl sites for hydroxylation is 1. The van der Waals surface area contributed by atoms with E-state index in [1.54, 1.807) is 4.90 Å². The lowest BCUT2D eigenvalue weighted by molar-refractivity contribution is -0.132. The van der Waals surface area contributed by atoms with Gasteiger partial charge in [-0.1, -0.05) is 74.0 Å². The van der Waals surface area contributed by atoms with Crippen LogP contribution in [0, 0.1) is 6.92 Å². The van der Waals surface area contributed by atoms with Crippen molar-refractivity contribution >= 4 is 23.9 Å². The van der Waals surface area contributed by atoms with Crippen molar-refractivity contribution in [2.75, 3.05) is 26.7 Å². The van der Waals surface area contributed by atoms with Crippen molar-refractivity contribution in [3.8, 4) is 33.6 Å². The normalized spacial score (nSPS) is 11.2. The molecule has 3 N–H and O–H groups in total. The van der Waals surface area contributed by atoms with Gasteiger partial charge in [-0.3, -0.25) is 14.5 Å². The van der Waals surface area contributed by atoms with Crippen LogP contribution in [0.5, 0.6) is 0 Å². The van der Waals surface area contributed by atoms with Crippen LogP contribution in [0.4, 0.5) is 0 Å². The summed E-state index contributed by atoms with van der Waals surface area (Å²) in [6.45, 7) is 8.86. The first-order chi connectivity index (χ1) is 19.8. The standard InChI is InChI=1S/C31H38ClN7O2/c1-5-15-38(4)18-26-34-21(3)29(35-26)24-11-7-22(8-12-24)23-9-13-25(14-10-23)30-31(32)37-27(36-30)19-39(16-6-2)28(41)17-33-20-40/h7-14,20H,5-6,15-19H2,1-4H3,(H,33,40)(H,34,35)(H,36,37). The maximum Gasteiger partial charge on any atom is 0.242 e. The summed E-state index contributed by atoms with van der Waals surface area (Å²) in [5.74, 6) is 1.39. The zero-order valence-electron chi connectivity index (χ0n) is 24.1. The predicted molar refractivity (Wildman–Crippen MR) is 163 cm³/mol. The molecule has 216 valence electrons. The fourth-order valence-corrected chi connectivity index (χ4v) is 5.14. The summed E-state index contributed by atoms with van der Waals surface area (Å²) in [6.07, 6.45) is 2.42. The SMILES string of the molecule is CCCN(C)Cc1nc(-c2ccc(-c3ccc(-c4nc(CN(CCC)C(=O)CNC=O)[nH]c4Cl)cc3)cc2)c(C)[nH]1. The molecule has 0 atom stereocenters. The summed E-state index contributed by atoms with van der Waals surface area (Å²) < 4.78 is 0. The summed E-state index contributed by atoms with van der Waals surface area (Å²) in [5.41, 5.74) is 6.82. The van der Waals surface area contributed by atoms with Gasteiger partial charge in [0, 0.05) is 23.4 Å². The van der Waals surface area contributed by atoms with Crippen LogP contribution in [0.2, 0.25) is 5.15 Å². The van der Waals surface area contributed by atoms with E-state index < -0.39 is 0 Å². The second kappa shape index (κ2) is 14.1. The lowest BCUT2D eigenvalue weighted by Crippen LogP contribution is -2.38. The quantitative estimate of drug-likeness (QED) is 0.174. The molecule has 0 radical (unpaired) electrons. The summed E-state index contributed by atoms with van der Waals surface area (Å²) in [4.78, 5) is 43.0. The Kier molecular flexibility index (Phi) is 10.3. The Bertz CT molecular complexity index is 1440. The first kappa shape index (κ1) is 30.0. The molecule has 0 bridgehead atoms. The largest absolute Gasteiger partial charge is 0.350 e. The third kappa shape index (κ3) is 7.62. The lowest BCUT2D eigenvalue weighted by Gasteiger charge is -2.20. The van der Waals surface area contributed by atoms with E-state index in [0.717, 1.165) is 65.4 Å². The fourth-order valence-electron chi connectivity index (χ4n) is 4.88. The highest BCUT2D eigenvalue weighted by atomic mass is 35.5. The van der Waals surface area contributed by atoms with Crippen molar-refractivity contribution < 1.29 is 9.59 Å². The zero-order valence-corrected chi connectivity index (χ0v) is 24.9. The number of benzene rings is 2. The van der Waals surface area contributed by atoms with Crippen LogP contribution < -0.4 is 5.32 Å². The van der Waals surface area contributed by atoms with Crippen LogP contribution in [-0.2, 0) is 22.7 Å². The van der Waals surface area contributed by atoms with Crippen molar-refractivity contribution in [2.45, 2.75) is 46.7 Å². The van der Waals surface area contributed by atoms with Gasteiger partial charge in [0.1, 0.15) is 22.5 Å². The first-order valence-electron chi connectivity index (χ1n) is 14.0. The fraction of sp³-hybridized carbons (Fsp3) is 0.355. The number of amides is 2. The molecule has 4 rings (SSSR count). The minimum Gasteiger partial charge on any atom is -0.350 e. The van der Waals surface area contributed by atoms with Crippen molar-refractivity contribution in [3.05, 3.63) is 71.0 Å².